The first-order valence-corrected chi connectivity index (χ1v) is 9.39. The monoisotopic (exact) mass is 363 g/mol. The van der Waals surface area contributed by atoms with Gasteiger partial charge in [-0.3, -0.25) is 4.79 Å². The Balaban J connectivity index is 1.45. The minimum Gasteiger partial charge on any atom is -0.481 e. The van der Waals surface area contributed by atoms with Gasteiger partial charge in [0.1, 0.15) is 0 Å². The van der Waals surface area contributed by atoms with Crippen molar-refractivity contribution in [1.29, 1.82) is 0 Å². The Kier molecular flexibility index (Phi) is 6.88. The Morgan fingerprint density at radius 3 is 2.48 bits per heavy atom. The minimum atomic E-state index is -0.667. The molecule has 2 aromatic carbocycles. The number of carboxylic acid groups (broad SMARTS) is 1. The zero-order valence-electron chi connectivity index (χ0n) is 15.4. The van der Waals surface area contributed by atoms with Crippen LogP contribution in [-0.4, -0.2) is 35.6 Å². The Labute approximate surface area is 160 Å². The molecule has 1 atom stereocenters. The standard InChI is InChI=1S/C22H25N3O2/c26-22(27)19-8-6-16-25(17-19)15-5-4-7-18-11-13-21(14-12-18)24-23-20-9-2-1-3-10-20/h1-4,7,9-14,19H,5-6,8,15-17H2,(H,26,27). The third-order valence-electron chi connectivity index (χ3n) is 4.71. The van der Waals surface area contributed by atoms with E-state index in [0.717, 1.165) is 49.3 Å². The first-order valence-electron chi connectivity index (χ1n) is 9.39. The molecule has 1 fully saturated rings. The minimum absolute atomic E-state index is 0.208. The summed E-state index contributed by atoms with van der Waals surface area (Å²) in [5, 5.41) is 17.6. The van der Waals surface area contributed by atoms with Crippen LogP contribution in [0.25, 0.3) is 6.08 Å². The number of hydrogen-bond acceptors (Lipinski definition) is 4. The van der Waals surface area contributed by atoms with Crippen LogP contribution in [0.4, 0.5) is 11.4 Å². The third-order valence-corrected chi connectivity index (χ3v) is 4.71. The molecule has 0 radical (unpaired) electrons. The van der Waals surface area contributed by atoms with Crippen molar-refractivity contribution in [1.82, 2.24) is 4.90 Å². The number of aliphatic carboxylic acids is 1. The molecule has 2 aromatic rings. The molecule has 1 aliphatic heterocycles. The van der Waals surface area contributed by atoms with Crippen molar-refractivity contribution < 1.29 is 9.90 Å². The second-order valence-corrected chi connectivity index (χ2v) is 6.80. The summed E-state index contributed by atoms with van der Waals surface area (Å²) in [4.78, 5) is 13.4. The molecular formula is C22H25N3O2. The van der Waals surface area contributed by atoms with E-state index in [9.17, 15) is 4.79 Å². The summed E-state index contributed by atoms with van der Waals surface area (Å²) in [5.74, 6) is -0.875. The molecule has 5 heteroatoms. The smallest absolute Gasteiger partial charge is 0.307 e. The predicted octanol–water partition coefficient (Wildman–Crippen LogP) is 5.30. The Morgan fingerprint density at radius 2 is 1.78 bits per heavy atom. The largest absolute Gasteiger partial charge is 0.481 e. The second kappa shape index (κ2) is 9.78. The molecular weight excluding hydrogens is 338 g/mol. The topological polar surface area (TPSA) is 65.3 Å². The second-order valence-electron chi connectivity index (χ2n) is 6.80. The number of benzene rings is 2. The first kappa shape index (κ1) is 19.0. The Hall–Kier alpha value is -2.79. The van der Waals surface area contributed by atoms with Gasteiger partial charge in [0, 0.05) is 13.1 Å². The lowest BCUT2D eigenvalue weighted by Gasteiger charge is -2.30. The Morgan fingerprint density at radius 1 is 1.07 bits per heavy atom. The summed E-state index contributed by atoms with van der Waals surface area (Å²) in [6.45, 7) is 2.58. The molecule has 27 heavy (non-hydrogen) atoms. The summed E-state index contributed by atoms with van der Waals surface area (Å²) < 4.78 is 0. The zero-order valence-corrected chi connectivity index (χ0v) is 15.4. The lowest BCUT2D eigenvalue weighted by atomic mass is 9.98. The number of carboxylic acids is 1. The summed E-state index contributed by atoms with van der Waals surface area (Å²) in [7, 11) is 0. The van der Waals surface area contributed by atoms with Gasteiger partial charge >= 0.3 is 5.97 Å². The molecule has 5 nitrogen and oxygen atoms in total. The maximum Gasteiger partial charge on any atom is 0.307 e. The number of hydrogen-bond donors (Lipinski definition) is 1. The molecule has 1 heterocycles. The van der Waals surface area contributed by atoms with Gasteiger partial charge in [-0.2, -0.15) is 10.2 Å². The number of azo groups is 1. The van der Waals surface area contributed by atoms with Crippen LogP contribution in [0.3, 0.4) is 0 Å². The van der Waals surface area contributed by atoms with Gasteiger partial charge in [-0.1, -0.05) is 42.5 Å². The van der Waals surface area contributed by atoms with E-state index >= 15 is 0 Å². The molecule has 0 aliphatic carbocycles. The molecule has 1 unspecified atom stereocenters. The van der Waals surface area contributed by atoms with Gasteiger partial charge in [-0.15, -0.1) is 0 Å². The van der Waals surface area contributed by atoms with Crippen LogP contribution in [0.2, 0.25) is 0 Å². The van der Waals surface area contributed by atoms with Crippen molar-refractivity contribution in [2.75, 3.05) is 19.6 Å². The average molecular weight is 363 g/mol. The first-order chi connectivity index (χ1) is 13.2. The third kappa shape index (κ3) is 6.15. The van der Waals surface area contributed by atoms with E-state index in [1.54, 1.807) is 0 Å². The molecule has 0 aromatic heterocycles. The van der Waals surface area contributed by atoms with Crippen molar-refractivity contribution in [2.45, 2.75) is 19.3 Å². The predicted molar refractivity (Wildman–Crippen MR) is 108 cm³/mol. The molecule has 0 bridgehead atoms. The number of piperidine rings is 1. The van der Waals surface area contributed by atoms with Gasteiger partial charge in [0.05, 0.1) is 17.3 Å². The molecule has 0 amide bonds. The van der Waals surface area contributed by atoms with Gasteiger partial charge in [0.25, 0.3) is 0 Å². The average Bonchev–Trinajstić information content (AvgIpc) is 2.71. The Bertz CT molecular complexity index is 785. The molecule has 3 rings (SSSR count). The summed E-state index contributed by atoms with van der Waals surface area (Å²) in [5.41, 5.74) is 2.78. The van der Waals surface area contributed by atoms with Crippen molar-refractivity contribution in [3.63, 3.8) is 0 Å². The lowest BCUT2D eigenvalue weighted by molar-refractivity contribution is -0.143. The van der Waals surface area contributed by atoms with Crippen LogP contribution in [0.5, 0.6) is 0 Å². The molecule has 1 N–H and O–H groups in total. The van der Waals surface area contributed by atoms with E-state index in [1.165, 1.54) is 0 Å². The van der Waals surface area contributed by atoms with Gasteiger partial charge in [0.2, 0.25) is 0 Å². The molecule has 1 saturated heterocycles. The zero-order chi connectivity index (χ0) is 18.9. The highest BCUT2D eigenvalue weighted by Gasteiger charge is 2.24. The van der Waals surface area contributed by atoms with E-state index < -0.39 is 5.97 Å². The number of rotatable bonds is 7. The van der Waals surface area contributed by atoms with E-state index in [-0.39, 0.29) is 5.92 Å². The van der Waals surface area contributed by atoms with Crippen LogP contribution < -0.4 is 0 Å². The van der Waals surface area contributed by atoms with Crippen LogP contribution in [-0.2, 0) is 4.79 Å². The van der Waals surface area contributed by atoms with Crippen molar-refractivity contribution in [3.8, 4) is 0 Å². The summed E-state index contributed by atoms with van der Waals surface area (Å²) in [6, 6.07) is 17.6. The van der Waals surface area contributed by atoms with Crippen molar-refractivity contribution in [2.24, 2.45) is 16.1 Å². The van der Waals surface area contributed by atoms with E-state index in [2.05, 4.69) is 27.3 Å². The van der Waals surface area contributed by atoms with Crippen LogP contribution in [0.15, 0.2) is 70.9 Å². The SMILES string of the molecule is O=C(O)C1CCCN(CCC=Cc2ccc(N=Nc3ccccc3)cc2)C1. The van der Waals surface area contributed by atoms with Gasteiger partial charge in [-0.05, 0) is 55.6 Å². The fraction of sp³-hybridized carbons (Fsp3) is 0.318. The molecule has 1 aliphatic rings. The fourth-order valence-electron chi connectivity index (χ4n) is 3.20. The summed E-state index contributed by atoms with van der Waals surface area (Å²) >= 11 is 0. The van der Waals surface area contributed by atoms with E-state index in [0.29, 0.717) is 6.54 Å². The highest BCUT2D eigenvalue weighted by Crippen LogP contribution is 2.19. The van der Waals surface area contributed by atoms with Crippen LogP contribution in [0.1, 0.15) is 24.8 Å². The lowest BCUT2D eigenvalue weighted by Crippen LogP contribution is -2.38. The highest BCUT2D eigenvalue weighted by molar-refractivity contribution is 5.70. The summed E-state index contributed by atoms with van der Waals surface area (Å²) in [6.07, 6.45) is 6.93. The number of likely N-dealkylation sites (tertiary alicyclic amines) is 1. The van der Waals surface area contributed by atoms with Gasteiger partial charge in [0.15, 0.2) is 0 Å². The number of nitrogens with zero attached hydrogens (tertiary/aromatic N) is 3. The maximum atomic E-state index is 11.1. The number of carbonyl (C=O) groups is 1. The van der Waals surface area contributed by atoms with E-state index in [1.807, 2.05) is 54.6 Å². The van der Waals surface area contributed by atoms with Crippen molar-refractivity contribution >= 4 is 23.4 Å². The van der Waals surface area contributed by atoms with Crippen molar-refractivity contribution in [3.05, 3.63) is 66.2 Å². The maximum absolute atomic E-state index is 11.1. The quantitative estimate of drug-likeness (QED) is 0.679. The van der Waals surface area contributed by atoms with Crippen LogP contribution in [0, 0.1) is 5.92 Å². The molecule has 0 saturated carbocycles. The van der Waals surface area contributed by atoms with Gasteiger partial charge in [-0.25, -0.2) is 0 Å². The highest BCUT2D eigenvalue weighted by atomic mass is 16.4. The molecule has 140 valence electrons. The van der Waals surface area contributed by atoms with Gasteiger partial charge < -0.3 is 10.0 Å². The normalized spacial score (nSPS) is 18.3. The fourth-order valence-corrected chi connectivity index (χ4v) is 3.20. The van der Waals surface area contributed by atoms with Crippen LogP contribution >= 0.6 is 0 Å². The van der Waals surface area contributed by atoms with E-state index in [4.69, 9.17) is 5.11 Å². The molecule has 0 spiro atoms.